The Balaban J connectivity index is 1.68. The largest absolute Gasteiger partial charge is 0.311 e. The lowest BCUT2D eigenvalue weighted by Gasteiger charge is -2.14. The Labute approximate surface area is 107 Å². The van der Waals surface area contributed by atoms with E-state index < -0.39 is 0 Å². The monoisotopic (exact) mass is 256 g/mol. The minimum Gasteiger partial charge on any atom is -0.311 e. The van der Waals surface area contributed by atoms with E-state index in [0.717, 1.165) is 25.2 Å². The molecule has 1 aliphatic heterocycles. The van der Waals surface area contributed by atoms with Gasteiger partial charge in [0.15, 0.2) is 0 Å². The fourth-order valence-corrected chi connectivity index (χ4v) is 2.33. The van der Waals surface area contributed by atoms with Gasteiger partial charge in [-0.1, -0.05) is 17.7 Å². The van der Waals surface area contributed by atoms with Crippen molar-refractivity contribution in [3.63, 3.8) is 0 Å². The fourth-order valence-electron chi connectivity index (χ4n) is 2.13. The lowest BCUT2D eigenvalue weighted by molar-refractivity contribution is 0.335. The van der Waals surface area contributed by atoms with Crippen molar-refractivity contribution in [2.75, 3.05) is 26.2 Å². The van der Waals surface area contributed by atoms with Crippen LogP contribution in [0.1, 0.15) is 18.4 Å². The van der Waals surface area contributed by atoms with Crippen molar-refractivity contribution in [1.82, 2.24) is 10.2 Å². The lowest BCUT2D eigenvalue weighted by atomic mass is 10.2. The summed E-state index contributed by atoms with van der Waals surface area (Å²) in [6.45, 7) is 5.26. The van der Waals surface area contributed by atoms with Gasteiger partial charge < -0.3 is 10.2 Å². The minimum atomic E-state index is -0.354. The number of likely N-dealkylation sites (tertiary alicyclic amines) is 1. The summed E-state index contributed by atoms with van der Waals surface area (Å²) in [6.07, 6.45) is 2.65. The Morgan fingerprint density at radius 2 is 2.06 bits per heavy atom. The Bertz CT molecular complexity index is 364. The van der Waals surface area contributed by atoms with Crippen LogP contribution in [-0.4, -0.2) is 31.1 Å². The van der Waals surface area contributed by atoms with Crippen molar-refractivity contribution in [2.24, 2.45) is 0 Å². The van der Waals surface area contributed by atoms with E-state index in [1.165, 1.54) is 32.0 Å². The van der Waals surface area contributed by atoms with Crippen LogP contribution in [0.5, 0.6) is 0 Å². The van der Waals surface area contributed by atoms with Crippen LogP contribution in [0.3, 0.4) is 0 Å². The molecule has 0 radical (unpaired) electrons. The van der Waals surface area contributed by atoms with Crippen LogP contribution < -0.4 is 5.32 Å². The molecule has 1 fully saturated rings. The third-order valence-corrected chi connectivity index (χ3v) is 3.41. The summed E-state index contributed by atoms with van der Waals surface area (Å²) < 4.78 is 12.9. The van der Waals surface area contributed by atoms with Crippen molar-refractivity contribution in [1.29, 1.82) is 0 Å². The maximum Gasteiger partial charge on any atom is 0.141 e. The molecular weight excluding hydrogens is 239 g/mol. The second-order valence-corrected chi connectivity index (χ2v) is 4.88. The highest BCUT2D eigenvalue weighted by atomic mass is 35.5. The van der Waals surface area contributed by atoms with E-state index in [1.54, 1.807) is 12.1 Å². The van der Waals surface area contributed by atoms with Gasteiger partial charge in [-0.15, -0.1) is 0 Å². The highest BCUT2D eigenvalue weighted by molar-refractivity contribution is 6.30. The van der Waals surface area contributed by atoms with Crippen LogP contribution >= 0.6 is 11.6 Å². The van der Waals surface area contributed by atoms with Gasteiger partial charge >= 0.3 is 0 Å². The second-order valence-electron chi connectivity index (χ2n) is 4.47. The number of nitrogens with zero attached hydrogens (tertiary/aromatic N) is 1. The van der Waals surface area contributed by atoms with Crippen molar-refractivity contribution in [2.45, 2.75) is 19.4 Å². The van der Waals surface area contributed by atoms with E-state index in [0.29, 0.717) is 0 Å². The molecule has 2 nitrogen and oxygen atoms in total. The molecule has 1 heterocycles. The molecule has 0 amide bonds. The van der Waals surface area contributed by atoms with Gasteiger partial charge in [0.25, 0.3) is 0 Å². The summed E-state index contributed by atoms with van der Waals surface area (Å²) in [4.78, 5) is 2.46. The highest BCUT2D eigenvalue weighted by Gasteiger charge is 2.09. The van der Waals surface area contributed by atoms with E-state index >= 15 is 0 Å². The third-order valence-electron chi connectivity index (χ3n) is 3.12. The molecule has 0 unspecified atom stereocenters. The molecule has 1 saturated heterocycles. The van der Waals surface area contributed by atoms with E-state index in [9.17, 15) is 4.39 Å². The Kier molecular flexibility index (Phi) is 4.77. The summed E-state index contributed by atoms with van der Waals surface area (Å²) >= 11 is 5.72. The Morgan fingerprint density at radius 3 is 2.76 bits per heavy atom. The lowest BCUT2D eigenvalue weighted by Crippen LogP contribution is -2.29. The van der Waals surface area contributed by atoms with E-state index in [1.807, 2.05) is 0 Å². The molecule has 1 aromatic carbocycles. The maximum absolute atomic E-state index is 12.9. The molecular formula is C13H18ClFN2. The van der Waals surface area contributed by atoms with E-state index in [-0.39, 0.29) is 10.8 Å². The first-order valence-electron chi connectivity index (χ1n) is 6.13. The fraction of sp³-hybridized carbons (Fsp3) is 0.538. The average molecular weight is 257 g/mol. The molecule has 2 rings (SSSR count). The quantitative estimate of drug-likeness (QED) is 0.815. The zero-order chi connectivity index (χ0) is 12.1. The molecule has 4 heteroatoms. The summed E-state index contributed by atoms with van der Waals surface area (Å²) in [5.41, 5.74) is 1.03. The molecule has 94 valence electrons. The van der Waals surface area contributed by atoms with Gasteiger partial charge in [0.2, 0.25) is 0 Å². The highest BCUT2D eigenvalue weighted by Crippen LogP contribution is 2.15. The first-order chi connectivity index (χ1) is 8.25. The molecule has 0 bridgehead atoms. The predicted octanol–water partition coefficient (Wildman–Crippen LogP) is 2.66. The van der Waals surface area contributed by atoms with Crippen LogP contribution in [0, 0.1) is 5.82 Å². The molecule has 0 spiro atoms. The predicted molar refractivity (Wildman–Crippen MR) is 68.8 cm³/mol. The van der Waals surface area contributed by atoms with E-state index in [4.69, 9.17) is 11.6 Å². The van der Waals surface area contributed by atoms with Gasteiger partial charge in [-0.3, -0.25) is 0 Å². The van der Waals surface area contributed by atoms with Gasteiger partial charge in [-0.05, 0) is 43.6 Å². The Hall–Kier alpha value is -0.640. The second kappa shape index (κ2) is 6.34. The average Bonchev–Trinajstić information content (AvgIpc) is 2.82. The Morgan fingerprint density at radius 1 is 1.29 bits per heavy atom. The first kappa shape index (κ1) is 12.8. The van der Waals surface area contributed by atoms with Crippen LogP contribution in [0.25, 0.3) is 0 Å². The standard InChI is InChI=1S/C13H18ClFN2/c14-12-9-11(3-4-13(12)15)10-16-5-8-17-6-1-2-7-17/h3-4,9,16H,1-2,5-8,10H2. The van der Waals surface area contributed by atoms with Crippen molar-refractivity contribution in [3.05, 3.63) is 34.6 Å². The first-order valence-corrected chi connectivity index (χ1v) is 6.50. The van der Waals surface area contributed by atoms with Crippen LogP contribution in [-0.2, 0) is 6.54 Å². The molecule has 1 aromatic rings. The molecule has 0 saturated carbocycles. The number of nitrogens with one attached hydrogen (secondary N) is 1. The van der Waals surface area contributed by atoms with Crippen LogP contribution in [0.15, 0.2) is 18.2 Å². The smallest absolute Gasteiger partial charge is 0.141 e. The number of hydrogen-bond acceptors (Lipinski definition) is 2. The number of benzene rings is 1. The molecule has 17 heavy (non-hydrogen) atoms. The summed E-state index contributed by atoms with van der Waals surface area (Å²) in [6, 6.07) is 4.86. The van der Waals surface area contributed by atoms with Crippen molar-refractivity contribution in [3.8, 4) is 0 Å². The zero-order valence-corrected chi connectivity index (χ0v) is 10.6. The molecule has 1 aliphatic rings. The molecule has 0 aromatic heterocycles. The topological polar surface area (TPSA) is 15.3 Å². The van der Waals surface area contributed by atoms with Gasteiger partial charge in [0.1, 0.15) is 5.82 Å². The summed E-state index contributed by atoms with van der Waals surface area (Å²) in [7, 11) is 0. The van der Waals surface area contributed by atoms with Gasteiger partial charge in [0.05, 0.1) is 5.02 Å². The molecule has 0 atom stereocenters. The van der Waals surface area contributed by atoms with Gasteiger partial charge in [-0.2, -0.15) is 0 Å². The molecule has 1 N–H and O–H groups in total. The number of halogens is 2. The summed E-state index contributed by atoms with van der Waals surface area (Å²) in [5, 5.41) is 3.55. The van der Waals surface area contributed by atoms with Crippen LogP contribution in [0.4, 0.5) is 4.39 Å². The van der Waals surface area contributed by atoms with E-state index in [2.05, 4.69) is 10.2 Å². The zero-order valence-electron chi connectivity index (χ0n) is 9.88. The van der Waals surface area contributed by atoms with Gasteiger partial charge in [-0.25, -0.2) is 4.39 Å². The van der Waals surface area contributed by atoms with Gasteiger partial charge in [0, 0.05) is 19.6 Å². The normalized spacial score (nSPS) is 16.6. The number of rotatable bonds is 5. The van der Waals surface area contributed by atoms with Crippen molar-refractivity contribution < 1.29 is 4.39 Å². The van der Waals surface area contributed by atoms with Crippen molar-refractivity contribution >= 4 is 11.6 Å². The summed E-state index contributed by atoms with van der Waals surface area (Å²) in [5.74, 6) is -0.354. The molecule has 0 aliphatic carbocycles. The van der Waals surface area contributed by atoms with Crippen LogP contribution in [0.2, 0.25) is 5.02 Å². The SMILES string of the molecule is Fc1ccc(CNCCN2CCCC2)cc1Cl. The number of hydrogen-bond donors (Lipinski definition) is 1. The minimum absolute atomic E-state index is 0.198. The third kappa shape index (κ3) is 3.95. The maximum atomic E-state index is 12.9.